The van der Waals surface area contributed by atoms with Gasteiger partial charge in [0.15, 0.2) is 0 Å². The summed E-state index contributed by atoms with van der Waals surface area (Å²) < 4.78 is 0. The second-order valence-corrected chi connectivity index (χ2v) is 2.51. The van der Waals surface area contributed by atoms with Crippen LogP contribution < -0.4 is 10.8 Å². The summed E-state index contributed by atoms with van der Waals surface area (Å²) in [6, 6.07) is 1.73. The van der Waals surface area contributed by atoms with Gasteiger partial charge in [0.2, 0.25) is 0 Å². The van der Waals surface area contributed by atoms with Crippen LogP contribution in [0.2, 0.25) is 0 Å². The number of nitrogens with one attached hydrogen (secondary N) is 1. The zero-order valence-electron chi connectivity index (χ0n) is 7.07. The van der Waals surface area contributed by atoms with Crippen molar-refractivity contribution in [3.8, 4) is 0 Å². The van der Waals surface area contributed by atoms with Crippen molar-refractivity contribution in [1.29, 1.82) is 0 Å². The van der Waals surface area contributed by atoms with Gasteiger partial charge in [0.25, 0.3) is 0 Å². The zero-order valence-corrected chi connectivity index (χ0v) is 7.07. The summed E-state index contributed by atoms with van der Waals surface area (Å²) in [4.78, 5) is 3.95. The van der Waals surface area contributed by atoms with Crippen LogP contribution in [0.1, 0.15) is 5.56 Å². The molecule has 0 bridgehead atoms. The topological polar surface area (TPSA) is 65.4 Å². The number of rotatable bonds is 2. The van der Waals surface area contributed by atoms with Gasteiger partial charge < -0.3 is 15.4 Å². The highest BCUT2D eigenvalue weighted by atomic mass is 16.4. The molecule has 0 aliphatic rings. The van der Waals surface area contributed by atoms with Gasteiger partial charge in [-0.25, -0.2) is 4.98 Å². The summed E-state index contributed by atoms with van der Waals surface area (Å²) in [7, 11) is 0.217. The molecule has 12 heavy (non-hydrogen) atoms. The van der Waals surface area contributed by atoms with E-state index in [0.29, 0.717) is 11.3 Å². The molecule has 64 valence electrons. The number of anilines is 1. The summed E-state index contributed by atoms with van der Waals surface area (Å²) in [6.45, 7) is 1.80. The molecular weight excluding hydrogens is 155 g/mol. The molecule has 5 heteroatoms. The molecule has 0 aromatic carbocycles. The van der Waals surface area contributed by atoms with Crippen molar-refractivity contribution in [2.24, 2.45) is 0 Å². The van der Waals surface area contributed by atoms with E-state index in [9.17, 15) is 0 Å². The van der Waals surface area contributed by atoms with E-state index in [-0.39, 0.29) is 0 Å². The molecular formula is C7H11BN2O2. The van der Waals surface area contributed by atoms with E-state index >= 15 is 0 Å². The third kappa shape index (κ3) is 1.57. The molecule has 0 fully saturated rings. The van der Waals surface area contributed by atoms with Gasteiger partial charge in [0.05, 0.1) is 0 Å². The lowest BCUT2D eigenvalue weighted by Gasteiger charge is -2.09. The summed E-state index contributed by atoms with van der Waals surface area (Å²) in [6.07, 6.45) is 1.62. The fourth-order valence-corrected chi connectivity index (χ4v) is 1.09. The van der Waals surface area contributed by atoms with Crippen LogP contribution in [0.15, 0.2) is 12.3 Å². The highest BCUT2D eigenvalue weighted by Gasteiger charge is 2.18. The number of aryl methyl sites for hydroxylation is 1. The Morgan fingerprint density at radius 1 is 1.50 bits per heavy atom. The molecule has 0 saturated heterocycles. The maximum atomic E-state index is 8.99. The molecule has 1 aromatic heterocycles. The molecule has 0 saturated carbocycles. The van der Waals surface area contributed by atoms with Crippen molar-refractivity contribution in [3.05, 3.63) is 17.8 Å². The molecule has 0 aliphatic heterocycles. The first-order valence-electron chi connectivity index (χ1n) is 3.66. The Morgan fingerprint density at radius 2 is 2.17 bits per heavy atom. The van der Waals surface area contributed by atoms with Crippen LogP contribution in [-0.4, -0.2) is 29.2 Å². The second kappa shape index (κ2) is 3.56. The Labute approximate surface area is 71.4 Å². The van der Waals surface area contributed by atoms with Gasteiger partial charge in [-0.1, -0.05) is 0 Å². The Morgan fingerprint density at radius 3 is 2.58 bits per heavy atom. The normalized spacial score (nSPS) is 9.67. The van der Waals surface area contributed by atoms with Gasteiger partial charge in [0, 0.05) is 18.7 Å². The molecule has 0 amide bonds. The minimum atomic E-state index is -1.47. The van der Waals surface area contributed by atoms with Crippen LogP contribution in [0.3, 0.4) is 0 Å². The minimum Gasteiger partial charge on any atom is -0.423 e. The molecule has 0 radical (unpaired) electrons. The molecule has 4 nitrogen and oxygen atoms in total. The first-order chi connectivity index (χ1) is 5.66. The third-order valence-corrected chi connectivity index (χ3v) is 1.70. The van der Waals surface area contributed by atoms with Crippen LogP contribution in [0, 0.1) is 6.92 Å². The predicted octanol–water partition coefficient (Wildman–Crippen LogP) is -0.888. The van der Waals surface area contributed by atoms with Crippen LogP contribution in [-0.2, 0) is 0 Å². The summed E-state index contributed by atoms with van der Waals surface area (Å²) in [5, 5.41) is 20.8. The number of nitrogens with zero attached hydrogens (tertiary/aromatic N) is 1. The number of hydrogen-bond donors (Lipinski definition) is 3. The third-order valence-electron chi connectivity index (χ3n) is 1.70. The molecule has 0 aliphatic carbocycles. The fourth-order valence-electron chi connectivity index (χ4n) is 1.09. The predicted molar refractivity (Wildman–Crippen MR) is 48.3 cm³/mol. The maximum Gasteiger partial charge on any atom is 0.492 e. The largest absolute Gasteiger partial charge is 0.492 e. The van der Waals surface area contributed by atoms with E-state index in [0.717, 1.165) is 5.56 Å². The number of pyridine rings is 1. The Kier molecular flexibility index (Phi) is 2.67. The van der Waals surface area contributed by atoms with Crippen molar-refractivity contribution in [3.63, 3.8) is 0 Å². The van der Waals surface area contributed by atoms with Crippen molar-refractivity contribution in [2.75, 3.05) is 12.4 Å². The monoisotopic (exact) mass is 166 g/mol. The van der Waals surface area contributed by atoms with Crippen molar-refractivity contribution in [1.82, 2.24) is 4.98 Å². The summed E-state index contributed by atoms with van der Waals surface area (Å²) in [5.74, 6) is 0.505. The number of aromatic nitrogens is 1. The van der Waals surface area contributed by atoms with Crippen molar-refractivity contribution in [2.45, 2.75) is 6.92 Å². The quantitative estimate of drug-likeness (QED) is 0.498. The molecule has 0 unspecified atom stereocenters. The Balaban J connectivity index is 3.20. The van der Waals surface area contributed by atoms with E-state index in [1.54, 1.807) is 26.2 Å². The van der Waals surface area contributed by atoms with E-state index < -0.39 is 7.12 Å². The van der Waals surface area contributed by atoms with Gasteiger partial charge in [0.1, 0.15) is 5.82 Å². The van der Waals surface area contributed by atoms with Gasteiger partial charge in [-0.3, -0.25) is 0 Å². The van der Waals surface area contributed by atoms with Crippen LogP contribution in [0.25, 0.3) is 0 Å². The van der Waals surface area contributed by atoms with E-state index in [1.807, 2.05) is 0 Å². The second-order valence-electron chi connectivity index (χ2n) is 2.51. The highest BCUT2D eigenvalue weighted by Crippen LogP contribution is 2.02. The molecule has 1 aromatic rings. The molecule has 1 heterocycles. The number of hydrogen-bond acceptors (Lipinski definition) is 4. The molecule has 0 atom stereocenters. The zero-order chi connectivity index (χ0) is 9.14. The maximum absolute atomic E-state index is 8.99. The van der Waals surface area contributed by atoms with Crippen LogP contribution in [0.4, 0.5) is 5.82 Å². The average Bonchev–Trinajstić information content (AvgIpc) is 2.03. The summed E-state index contributed by atoms with van der Waals surface area (Å²) >= 11 is 0. The SMILES string of the molecule is CNc1nccc(C)c1B(O)O. The highest BCUT2D eigenvalue weighted by molar-refractivity contribution is 6.61. The van der Waals surface area contributed by atoms with E-state index in [2.05, 4.69) is 10.3 Å². The van der Waals surface area contributed by atoms with Crippen LogP contribution in [0.5, 0.6) is 0 Å². The lowest BCUT2D eigenvalue weighted by molar-refractivity contribution is 0.425. The smallest absolute Gasteiger partial charge is 0.423 e. The lowest BCUT2D eigenvalue weighted by atomic mass is 9.77. The molecule has 0 spiro atoms. The van der Waals surface area contributed by atoms with E-state index in [4.69, 9.17) is 10.0 Å². The summed E-state index contributed by atoms with van der Waals surface area (Å²) in [5.41, 5.74) is 1.24. The van der Waals surface area contributed by atoms with Gasteiger partial charge >= 0.3 is 7.12 Å². The van der Waals surface area contributed by atoms with E-state index in [1.165, 1.54) is 0 Å². The first-order valence-corrected chi connectivity index (χ1v) is 3.66. The minimum absolute atomic E-state index is 0.431. The fraction of sp³-hybridized carbons (Fsp3) is 0.286. The Bertz CT molecular complexity index is 278. The Hall–Kier alpha value is -1.07. The average molecular weight is 166 g/mol. The first kappa shape index (κ1) is 9.03. The van der Waals surface area contributed by atoms with Crippen LogP contribution >= 0.6 is 0 Å². The van der Waals surface area contributed by atoms with Crippen molar-refractivity contribution >= 4 is 18.4 Å². The molecule has 1 rings (SSSR count). The standard InChI is InChI=1S/C7H11BN2O2/c1-5-3-4-10-7(9-2)6(5)8(11)12/h3-4,11-12H,1-2H3,(H,9,10). The van der Waals surface area contributed by atoms with Gasteiger partial charge in [-0.15, -0.1) is 0 Å². The lowest BCUT2D eigenvalue weighted by Crippen LogP contribution is -2.34. The van der Waals surface area contributed by atoms with Gasteiger partial charge in [-0.2, -0.15) is 0 Å². The molecule has 3 N–H and O–H groups in total. The van der Waals surface area contributed by atoms with Crippen molar-refractivity contribution < 1.29 is 10.0 Å². The van der Waals surface area contributed by atoms with Gasteiger partial charge in [-0.05, 0) is 18.6 Å².